The van der Waals surface area contributed by atoms with E-state index >= 15 is 0 Å². The van der Waals surface area contributed by atoms with E-state index in [2.05, 4.69) is 20.9 Å². The van der Waals surface area contributed by atoms with Crippen molar-refractivity contribution in [3.63, 3.8) is 0 Å². The van der Waals surface area contributed by atoms with Crippen molar-refractivity contribution in [2.75, 3.05) is 33.9 Å². The average molecular weight is 476 g/mol. The van der Waals surface area contributed by atoms with Gasteiger partial charge < -0.3 is 25.4 Å². The number of amides is 1. The van der Waals surface area contributed by atoms with Crippen LogP contribution in [0.4, 0.5) is 0 Å². The second-order valence-corrected chi connectivity index (χ2v) is 5.84. The van der Waals surface area contributed by atoms with Gasteiger partial charge in [-0.1, -0.05) is 12.1 Å². The van der Waals surface area contributed by atoms with E-state index in [1.54, 1.807) is 14.2 Å². The number of hydrogen-bond donors (Lipinski definition) is 3. The molecule has 0 aromatic heterocycles. The molecule has 1 fully saturated rings. The lowest BCUT2D eigenvalue weighted by Crippen LogP contribution is -2.41. The number of guanidine groups is 1. The highest BCUT2D eigenvalue weighted by molar-refractivity contribution is 14.0. The fourth-order valence-electron chi connectivity index (χ4n) is 2.44. The molecule has 1 amide bonds. The maximum Gasteiger partial charge on any atom is 0.223 e. The molecule has 7 nitrogen and oxygen atoms in total. The molecule has 3 N–H and O–H groups in total. The fraction of sp³-hybridized carbons (Fsp3) is 0.556. The van der Waals surface area contributed by atoms with E-state index in [1.165, 1.54) is 0 Å². The van der Waals surface area contributed by atoms with Gasteiger partial charge >= 0.3 is 0 Å². The molecule has 146 valence electrons. The third kappa shape index (κ3) is 6.89. The molecule has 0 unspecified atom stereocenters. The summed E-state index contributed by atoms with van der Waals surface area (Å²) in [5.74, 6) is 2.48. The topological polar surface area (TPSA) is 84.0 Å². The summed E-state index contributed by atoms with van der Waals surface area (Å²) >= 11 is 0. The lowest BCUT2D eigenvalue weighted by atomic mass is 10.2. The molecule has 1 saturated carbocycles. The van der Waals surface area contributed by atoms with Gasteiger partial charge in [-0.05, 0) is 25.8 Å². The van der Waals surface area contributed by atoms with Crippen LogP contribution in [-0.2, 0) is 11.3 Å². The first-order valence-electron chi connectivity index (χ1n) is 8.69. The highest BCUT2D eigenvalue weighted by atomic mass is 127. The summed E-state index contributed by atoms with van der Waals surface area (Å²) in [4.78, 5) is 16.2. The zero-order valence-corrected chi connectivity index (χ0v) is 18.0. The Morgan fingerprint density at radius 3 is 2.50 bits per heavy atom. The third-order valence-electron chi connectivity index (χ3n) is 3.90. The molecule has 26 heavy (non-hydrogen) atoms. The van der Waals surface area contributed by atoms with Gasteiger partial charge in [-0.2, -0.15) is 0 Å². The molecule has 0 saturated heterocycles. The van der Waals surface area contributed by atoms with Crippen LogP contribution in [0.1, 0.15) is 25.3 Å². The number of halogens is 1. The second-order valence-electron chi connectivity index (χ2n) is 5.84. The summed E-state index contributed by atoms with van der Waals surface area (Å²) in [6, 6.07) is 5.74. The Morgan fingerprint density at radius 2 is 1.88 bits per heavy atom. The molecule has 0 atom stereocenters. The van der Waals surface area contributed by atoms with E-state index in [0.717, 1.165) is 24.9 Å². The largest absolute Gasteiger partial charge is 0.493 e. The molecule has 0 bridgehead atoms. The monoisotopic (exact) mass is 476 g/mol. The second kappa shape index (κ2) is 11.8. The Balaban J connectivity index is 0.00000338. The van der Waals surface area contributed by atoms with E-state index in [-0.39, 0.29) is 35.8 Å². The quantitative estimate of drug-likeness (QED) is 0.220. The number of aliphatic imine (C=N–C) groups is 1. The highest BCUT2D eigenvalue weighted by Crippen LogP contribution is 2.31. The molecular formula is C18H29IN4O3. The number of hydrogen-bond acceptors (Lipinski definition) is 4. The summed E-state index contributed by atoms with van der Waals surface area (Å²) in [5, 5.41) is 9.35. The first kappa shape index (κ1) is 22.3. The number of benzene rings is 1. The molecule has 8 heteroatoms. The normalized spacial score (nSPS) is 13.4. The first-order valence-corrected chi connectivity index (χ1v) is 8.69. The molecular weight excluding hydrogens is 447 g/mol. The first-order chi connectivity index (χ1) is 12.2. The van der Waals surface area contributed by atoms with E-state index in [9.17, 15) is 4.79 Å². The van der Waals surface area contributed by atoms with E-state index in [1.807, 2.05) is 25.1 Å². The van der Waals surface area contributed by atoms with Crippen LogP contribution in [0.25, 0.3) is 0 Å². The minimum atomic E-state index is 0. The third-order valence-corrected chi connectivity index (χ3v) is 3.90. The molecule has 0 aliphatic heterocycles. The van der Waals surface area contributed by atoms with Crippen molar-refractivity contribution in [2.24, 2.45) is 10.9 Å². The molecule has 0 heterocycles. The van der Waals surface area contributed by atoms with Crippen molar-refractivity contribution in [3.8, 4) is 11.5 Å². The van der Waals surface area contributed by atoms with Gasteiger partial charge in [0, 0.05) is 31.1 Å². The number of para-hydroxylation sites is 1. The van der Waals surface area contributed by atoms with Crippen LogP contribution in [0.3, 0.4) is 0 Å². The smallest absolute Gasteiger partial charge is 0.223 e. The Morgan fingerprint density at radius 1 is 1.15 bits per heavy atom. The summed E-state index contributed by atoms with van der Waals surface area (Å²) in [6.45, 7) is 4.44. The zero-order valence-electron chi connectivity index (χ0n) is 15.6. The van der Waals surface area contributed by atoms with Gasteiger partial charge in [0.1, 0.15) is 0 Å². The van der Waals surface area contributed by atoms with Gasteiger partial charge in [-0.25, -0.2) is 4.99 Å². The zero-order chi connectivity index (χ0) is 18.1. The van der Waals surface area contributed by atoms with Gasteiger partial charge in [0.2, 0.25) is 5.91 Å². The number of methoxy groups -OCH3 is 2. The summed E-state index contributed by atoms with van der Waals surface area (Å²) in [7, 11) is 3.24. The fourth-order valence-corrected chi connectivity index (χ4v) is 2.44. The lowest BCUT2D eigenvalue weighted by Gasteiger charge is -2.14. The minimum Gasteiger partial charge on any atom is -0.493 e. The summed E-state index contributed by atoms with van der Waals surface area (Å²) < 4.78 is 10.7. The van der Waals surface area contributed by atoms with Crippen molar-refractivity contribution in [2.45, 2.75) is 26.3 Å². The molecule has 1 aliphatic carbocycles. The van der Waals surface area contributed by atoms with Crippen molar-refractivity contribution in [1.82, 2.24) is 16.0 Å². The van der Waals surface area contributed by atoms with Crippen LogP contribution >= 0.6 is 24.0 Å². The maximum atomic E-state index is 11.6. The molecule has 1 aromatic carbocycles. The minimum absolute atomic E-state index is 0. The predicted octanol–water partition coefficient (Wildman–Crippen LogP) is 1.90. The van der Waals surface area contributed by atoms with Crippen molar-refractivity contribution in [1.29, 1.82) is 0 Å². The van der Waals surface area contributed by atoms with Crippen molar-refractivity contribution in [3.05, 3.63) is 23.8 Å². The van der Waals surface area contributed by atoms with Gasteiger partial charge in [0.05, 0.1) is 20.8 Å². The van der Waals surface area contributed by atoms with Gasteiger partial charge in [0.25, 0.3) is 0 Å². The van der Waals surface area contributed by atoms with Gasteiger partial charge in [-0.3, -0.25) is 4.79 Å². The number of ether oxygens (including phenoxy) is 2. The number of nitrogens with zero attached hydrogens (tertiary/aromatic N) is 1. The van der Waals surface area contributed by atoms with Crippen LogP contribution in [0.15, 0.2) is 23.2 Å². The molecule has 1 aromatic rings. The van der Waals surface area contributed by atoms with E-state index < -0.39 is 0 Å². The predicted molar refractivity (Wildman–Crippen MR) is 114 cm³/mol. The maximum absolute atomic E-state index is 11.6. The Labute approximate surface area is 172 Å². The average Bonchev–Trinajstić information content (AvgIpc) is 3.47. The molecule has 0 radical (unpaired) electrons. The van der Waals surface area contributed by atoms with Gasteiger partial charge in [-0.15, -0.1) is 24.0 Å². The SMILES string of the molecule is CCNC(=NCc1cccc(OC)c1OC)NCCNC(=O)C1CC1.I. The van der Waals surface area contributed by atoms with E-state index in [0.29, 0.717) is 37.1 Å². The number of carbonyl (C=O) groups excluding carboxylic acids is 1. The molecule has 1 aliphatic rings. The van der Waals surface area contributed by atoms with Crippen LogP contribution < -0.4 is 25.4 Å². The number of carbonyl (C=O) groups is 1. The highest BCUT2D eigenvalue weighted by Gasteiger charge is 2.28. The summed E-state index contributed by atoms with van der Waals surface area (Å²) in [6.07, 6.45) is 2.04. The number of nitrogens with one attached hydrogen (secondary N) is 3. The van der Waals surface area contributed by atoms with Crippen molar-refractivity contribution < 1.29 is 14.3 Å². The number of rotatable bonds is 9. The van der Waals surface area contributed by atoms with Crippen LogP contribution in [0.2, 0.25) is 0 Å². The molecule has 0 spiro atoms. The molecule has 2 rings (SSSR count). The van der Waals surface area contributed by atoms with Crippen LogP contribution in [0, 0.1) is 5.92 Å². The van der Waals surface area contributed by atoms with Crippen LogP contribution in [-0.4, -0.2) is 45.7 Å². The van der Waals surface area contributed by atoms with Crippen LogP contribution in [0.5, 0.6) is 11.5 Å². The lowest BCUT2D eigenvalue weighted by molar-refractivity contribution is -0.122. The Kier molecular flexibility index (Phi) is 10.2. The van der Waals surface area contributed by atoms with Crippen molar-refractivity contribution >= 4 is 35.8 Å². The summed E-state index contributed by atoms with van der Waals surface area (Å²) in [5.41, 5.74) is 0.945. The Bertz CT molecular complexity index is 606. The van der Waals surface area contributed by atoms with Gasteiger partial charge in [0.15, 0.2) is 17.5 Å². The van der Waals surface area contributed by atoms with E-state index in [4.69, 9.17) is 9.47 Å². The Hall–Kier alpha value is -1.71. The standard InChI is InChI=1S/C18H28N4O3.HI/c1-4-19-18(21-11-10-20-17(23)13-8-9-13)22-12-14-6-5-7-15(24-2)16(14)25-3;/h5-7,13H,4,8-12H2,1-3H3,(H,20,23)(H2,19,21,22);1H.